The number of halogens is 2. The minimum Gasteiger partial charge on any atom is -0.365 e. The number of quaternary nitrogens is 1. The molecule has 0 spiro atoms. The molecular formula is C10H13Cl2N2O+. The first kappa shape index (κ1) is 12.3. The van der Waals surface area contributed by atoms with E-state index in [0.717, 1.165) is 10.5 Å². The lowest BCUT2D eigenvalue weighted by Gasteiger charge is -2.12. The van der Waals surface area contributed by atoms with Crippen LogP contribution >= 0.6 is 23.2 Å². The van der Waals surface area contributed by atoms with E-state index < -0.39 is 0 Å². The van der Waals surface area contributed by atoms with Crippen molar-refractivity contribution in [1.29, 1.82) is 0 Å². The first-order chi connectivity index (χ1) is 6.99. The second-order valence-corrected chi connectivity index (χ2v) is 4.34. The highest BCUT2D eigenvalue weighted by atomic mass is 35.5. The van der Waals surface area contributed by atoms with Gasteiger partial charge in [0.25, 0.3) is 5.91 Å². The van der Waals surface area contributed by atoms with Crippen molar-refractivity contribution in [2.75, 3.05) is 13.6 Å². The molecule has 0 saturated heterocycles. The Morgan fingerprint density at radius 1 is 1.40 bits per heavy atom. The first-order valence-corrected chi connectivity index (χ1v) is 5.28. The summed E-state index contributed by atoms with van der Waals surface area (Å²) in [5.74, 6) is -0.312. The predicted molar refractivity (Wildman–Crippen MR) is 61.1 cm³/mol. The van der Waals surface area contributed by atoms with Crippen molar-refractivity contribution in [3.63, 3.8) is 0 Å². The molecule has 0 aliphatic carbocycles. The molecule has 1 rings (SSSR count). The van der Waals surface area contributed by atoms with Gasteiger partial charge in [-0.1, -0.05) is 29.3 Å². The summed E-state index contributed by atoms with van der Waals surface area (Å²) in [5, 5.41) is 1.06. The number of carbonyl (C=O) groups excluding carboxylic acids is 1. The van der Waals surface area contributed by atoms with Crippen LogP contribution in [0.1, 0.15) is 5.56 Å². The lowest BCUT2D eigenvalue weighted by molar-refractivity contribution is -0.885. The van der Waals surface area contributed by atoms with Crippen LogP contribution in [0.15, 0.2) is 18.2 Å². The Balaban J connectivity index is 2.64. The van der Waals surface area contributed by atoms with E-state index in [1.165, 1.54) is 0 Å². The quantitative estimate of drug-likeness (QED) is 0.800. The fraction of sp³-hybridized carbons (Fsp3) is 0.300. The van der Waals surface area contributed by atoms with Crippen molar-refractivity contribution in [3.8, 4) is 0 Å². The maximum absolute atomic E-state index is 10.7. The molecule has 0 aromatic heterocycles. The van der Waals surface area contributed by atoms with Gasteiger partial charge in [-0.2, -0.15) is 0 Å². The lowest BCUT2D eigenvalue weighted by atomic mass is 10.2. The van der Waals surface area contributed by atoms with Crippen LogP contribution in [0.2, 0.25) is 10.0 Å². The monoisotopic (exact) mass is 247 g/mol. The van der Waals surface area contributed by atoms with Crippen molar-refractivity contribution >= 4 is 29.1 Å². The molecule has 0 aliphatic heterocycles. The smallest absolute Gasteiger partial charge is 0.272 e. The number of carbonyl (C=O) groups is 1. The van der Waals surface area contributed by atoms with Gasteiger partial charge < -0.3 is 10.6 Å². The van der Waals surface area contributed by atoms with E-state index in [1.54, 1.807) is 12.1 Å². The maximum atomic E-state index is 10.7. The molecule has 1 aromatic carbocycles. The summed E-state index contributed by atoms with van der Waals surface area (Å²) in [6.45, 7) is 1.00. The highest BCUT2D eigenvalue weighted by molar-refractivity contribution is 6.42. The number of primary amides is 1. The summed E-state index contributed by atoms with van der Waals surface area (Å²) in [6, 6.07) is 5.43. The van der Waals surface area contributed by atoms with E-state index in [1.807, 2.05) is 13.1 Å². The van der Waals surface area contributed by atoms with E-state index in [2.05, 4.69) is 0 Å². The Morgan fingerprint density at radius 2 is 2.07 bits per heavy atom. The summed E-state index contributed by atoms with van der Waals surface area (Å²) in [4.78, 5) is 11.7. The number of benzene rings is 1. The van der Waals surface area contributed by atoms with Crippen LogP contribution in [0.3, 0.4) is 0 Å². The molecule has 15 heavy (non-hydrogen) atoms. The molecule has 1 unspecified atom stereocenters. The van der Waals surface area contributed by atoms with Crippen LogP contribution in [0.25, 0.3) is 0 Å². The summed E-state index contributed by atoms with van der Waals surface area (Å²) >= 11 is 11.7. The average molecular weight is 248 g/mol. The number of rotatable bonds is 4. The Morgan fingerprint density at radius 3 is 2.60 bits per heavy atom. The van der Waals surface area contributed by atoms with Crippen LogP contribution in [0.5, 0.6) is 0 Å². The fourth-order valence-electron chi connectivity index (χ4n) is 1.36. The van der Waals surface area contributed by atoms with Crippen molar-refractivity contribution < 1.29 is 9.69 Å². The van der Waals surface area contributed by atoms with Gasteiger partial charge in [-0.15, -0.1) is 0 Å². The zero-order valence-electron chi connectivity index (χ0n) is 8.39. The van der Waals surface area contributed by atoms with E-state index in [9.17, 15) is 4.79 Å². The molecule has 1 atom stereocenters. The second kappa shape index (κ2) is 5.35. The van der Waals surface area contributed by atoms with Crippen molar-refractivity contribution in [3.05, 3.63) is 33.8 Å². The molecule has 82 valence electrons. The van der Waals surface area contributed by atoms with Crippen molar-refractivity contribution in [1.82, 2.24) is 0 Å². The highest BCUT2D eigenvalue weighted by Crippen LogP contribution is 2.22. The standard InChI is InChI=1S/C10H12Cl2N2O/c1-14(6-10(13)15)5-7-2-3-8(11)9(12)4-7/h2-4H,5-6H2,1H3,(H2,13,15)/p+1. The first-order valence-electron chi connectivity index (χ1n) is 4.52. The normalized spacial score (nSPS) is 12.5. The summed E-state index contributed by atoms with van der Waals surface area (Å²) < 4.78 is 0. The van der Waals surface area contributed by atoms with Gasteiger partial charge in [0.15, 0.2) is 6.54 Å². The molecule has 0 fully saturated rings. The number of hydrogen-bond acceptors (Lipinski definition) is 1. The molecule has 1 amide bonds. The summed E-state index contributed by atoms with van der Waals surface area (Å²) in [6.07, 6.45) is 0. The Kier molecular flexibility index (Phi) is 4.39. The minimum atomic E-state index is -0.312. The average Bonchev–Trinajstić information content (AvgIpc) is 2.10. The van der Waals surface area contributed by atoms with Crippen LogP contribution in [0.4, 0.5) is 0 Å². The van der Waals surface area contributed by atoms with Crippen LogP contribution in [0, 0.1) is 0 Å². The van der Waals surface area contributed by atoms with Gasteiger partial charge >= 0.3 is 0 Å². The van der Waals surface area contributed by atoms with Gasteiger partial charge in [-0.3, -0.25) is 4.79 Å². The molecule has 0 bridgehead atoms. The third kappa shape index (κ3) is 4.08. The molecule has 5 heteroatoms. The molecule has 0 radical (unpaired) electrons. The third-order valence-electron chi connectivity index (χ3n) is 1.97. The molecule has 0 aliphatic rings. The fourth-order valence-corrected chi connectivity index (χ4v) is 1.68. The molecule has 0 heterocycles. The number of nitrogens with two attached hydrogens (primary N) is 1. The largest absolute Gasteiger partial charge is 0.365 e. The van der Waals surface area contributed by atoms with Crippen LogP contribution < -0.4 is 10.6 Å². The minimum absolute atomic E-state index is 0.306. The van der Waals surface area contributed by atoms with E-state index >= 15 is 0 Å². The molecular weight excluding hydrogens is 235 g/mol. The Labute approximate surface area is 98.8 Å². The van der Waals surface area contributed by atoms with Gasteiger partial charge in [-0.05, 0) is 12.1 Å². The lowest BCUT2D eigenvalue weighted by Crippen LogP contribution is -3.08. The van der Waals surface area contributed by atoms with E-state index in [-0.39, 0.29) is 5.91 Å². The topological polar surface area (TPSA) is 47.5 Å². The van der Waals surface area contributed by atoms with Gasteiger partial charge in [-0.25, -0.2) is 0 Å². The zero-order chi connectivity index (χ0) is 11.4. The van der Waals surface area contributed by atoms with Gasteiger partial charge in [0.05, 0.1) is 17.1 Å². The maximum Gasteiger partial charge on any atom is 0.272 e. The van der Waals surface area contributed by atoms with Crippen molar-refractivity contribution in [2.24, 2.45) is 5.73 Å². The number of likely N-dealkylation sites (N-methyl/N-ethyl adjacent to an activating group) is 1. The molecule has 3 N–H and O–H groups in total. The van der Waals surface area contributed by atoms with E-state index in [0.29, 0.717) is 23.1 Å². The van der Waals surface area contributed by atoms with Crippen molar-refractivity contribution in [2.45, 2.75) is 6.54 Å². The molecule has 3 nitrogen and oxygen atoms in total. The number of amides is 1. The van der Waals surface area contributed by atoms with Gasteiger partial charge in [0.1, 0.15) is 6.54 Å². The third-order valence-corrected chi connectivity index (χ3v) is 2.70. The SMILES string of the molecule is C[NH+](CC(N)=O)Cc1ccc(Cl)c(Cl)c1. The van der Waals surface area contributed by atoms with E-state index in [4.69, 9.17) is 28.9 Å². The predicted octanol–water partition coefficient (Wildman–Crippen LogP) is 0.493. The summed E-state index contributed by atoms with van der Waals surface area (Å²) in [5.41, 5.74) is 6.12. The van der Waals surface area contributed by atoms with Crippen LogP contribution in [-0.4, -0.2) is 19.5 Å². The summed E-state index contributed by atoms with van der Waals surface area (Å²) in [7, 11) is 1.90. The highest BCUT2D eigenvalue weighted by Gasteiger charge is 2.08. The van der Waals surface area contributed by atoms with Crippen LogP contribution in [-0.2, 0) is 11.3 Å². The Bertz CT molecular complexity index is 368. The van der Waals surface area contributed by atoms with Gasteiger partial charge in [0.2, 0.25) is 0 Å². The van der Waals surface area contributed by atoms with Gasteiger partial charge in [0, 0.05) is 5.56 Å². The number of nitrogens with one attached hydrogen (secondary N) is 1. The second-order valence-electron chi connectivity index (χ2n) is 3.53. The molecule has 1 aromatic rings. The number of hydrogen-bond donors (Lipinski definition) is 2. The Hall–Kier alpha value is -0.770. The molecule has 0 saturated carbocycles. The zero-order valence-corrected chi connectivity index (χ0v) is 9.90.